The number of ether oxygens (including phenoxy) is 1. The standard InChI is InChI=1S/C21H31N3O2/c1-12(2)7-14-10-15(11-14)19-22-23-20(24(19)16-5-6-16)17-8-13(3)9-18(17)21(25)26-4/h12,14-18H,3,5-11H2,1-2,4H3/t14-,15+,17-,18-/m0/s1. The van der Waals surface area contributed by atoms with Gasteiger partial charge in [0.05, 0.1) is 13.0 Å². The van der Waals surface area contributed by atoms with E-state index in [1.807, 2.05) is 0 Å². The van der Waals surface area contributed by atoms with Gasteiger partial charge in [0, 0.05) is 17.9 Å². The molecule has 4 rings (SSSR count). The van der Waals surface area contributed by atoms with Crippen molar-refractivity contribution in [2.24, 2.45) is 17.8 Å². The van der Waals surface area contributed by atoms with Gasteiger partial charge in [-0.15, -0.1) is 10.2 Å². The van der Waals surface area contributed by atoms with E-state index in [4.69, 9.17) is 4.74 Å². The highest BCUT2D eigenvalue weighted by Gasteiger charge is 2.44. The van der Waals surface area contributed by atoms with E-state index < -0.39 is 0 Å². The van der Waals surface area contributed by atoms with Gasteiger partial charge < -0.3 is 9.30 Å². The van der Waals surface area contributed by atoms with Crippen LogP contribution in [0.1, 0.15) is 88.3 Å². The van der Waals surface area contributed by atoms with E-state index in [0.717, 1.165) is 29.7 Å². The molecule has 1 aromatic heterocycles. The SMILES string of the molecule is C=C1C[C@H](C(=O)OC)[C@@H](c2nnc([C@H]3C[C@@H](CC(C)C)C3)n2C2CC2)C1. The molecular formula is C21H31N3O2. The lowest BCUT2D eigenvalue weighted by atomic mass is 9.71. The largest absolute Gasteiger partial charge is 0.469 e. The van der Waals surface area contributed by atoms with Gasteiger partial charge >= 0.3 is 5.97 Å². The van der Waals surface area contributed by atoms with Crippen LogP contribution in [0.15, 0.2) is 12.2 Å². The number of hydrogen-bond donors (Lipinski definition) is 0. The predicted octanol–water partition coefficient (Wildman–Crippen LogP) is 4.38. The van der Waals surface area contributed by atoms with Crippen LogP contribution in [-0.2, 0) is 9.53 Å². The fourth-order valence-corrected chi connectivity index (χ4v) is 5.02. The third-order valence-electron chi connectivity index (χ3n) is 6.40. The van der Waals surface area contributed by atoms with Crippen molar-refractivity contribution >= 4 is 5.97 Å². The molecule has 5 nitrogen and oxygen atoms in total. The molecule has 1 heterocycles. The van der Waals surface area contributed by atoms with Crippen LogP contribution in [0.3, 0.4) is 0 Å². The molecule has 0 aliphatic heterocycles. The number of allylic oxidation sites excluding steroid dienone is 1. The molecule has 3 aliphatic rings. The summed E-state index contributed by atoms with van der Waals surface area (Å²) in [4.78, 5) is 12.3. The van der Waals surface area contributed by atoms with Crippen molar-refractivity contribution in [2.45, 2.75) is 76.7 Å². The number of carbonyl (C=O) groups is 1. The first-order valence-corrected chi connectivity index (χ1v) is 10.2. The second-order valence-electron chi connectivity index (χ2n) is 9.08. The van der Waals surface area contributed by atoms with Crippen molar-refractivity contribution in [3.63, 3.8) is 0 Å². The molecule has 3 fully saturated rings. The van der Waals surface area contributed by atoms with Crippen LogP contribution in [0.5, 0.6) is 0 Å². The quantitative estimate of drug-likeness (QED) is 0.560. The first kappa shape index (κ1) is 17.7. The number of hydrogen-bond acceptors (Lipinski definition) is 4. The highest BCUT2D eigenvalue weighted by molar-refractivity contribution is 5.74. The summed E-state index contributed by atoms with van der Waals surface area (Å²) in [6.07, 6.45) is 7.73. The van der Waals surface area contributed by atoms with Crippen molar-refractivity contribution in [3.05, 3.63) is 23.8 Å². The lowest BCUT2D eigenvalue weighted by Gasteiger charge is -2.36. The van der Waals surface area contributed by atoms with Crippen LogP contribution in [0, 0.1) is 17.8 Å². The molecule has 26 heavy (non-hydrogen) atoms. The first-order valence-electron chi connectivity index (χ1n) is 10.2. The maximum Gasteiger partial charge on any atom is 0.309 e. The average Bonchev–Trinajstić information content (AvgIpc) is 3.19. The monoisotopic (exact) mass is 357 g/mol. The lowest BCUT2D eigenvalue weighted by molar-refractivity contribution is -0.145. The zero-order chi connectivity index (χ0) is 18.4. The van der Waals surface area contributed by atoms with Crippen molar-refractivity contribution in [3.8, 4) is 0 Å². The number of methoxy groups -OCH3 is 1. The molecule has 0 radical (unpaired) electrons. The highest BCUT2D eigenvalue weighted by atomic mass is 16.5. The zero-order valence-electron chi connectivity index (χ0n) is 16.3. The van der Waals surface area contributed by atoms with Crippen molar-refractivity contribution in [1.29, 1.82) is 0 Å². The van der Waals surface area contributed by atoms with E-state index >= 15 is 0 Å². The summed E-state index contributed by atoms with van der Waals surface area (Å²) < 4.78 is 7.45. The van der Waals surface area contributed by atoms with Gasteiger partial charge in [-0.25, -0.2) is 0 Å². The van der Waals surface area contributed by atoms with Crippen LogP contribution in [-0.4, -0.2) is 27.8 Å². The fourth-order valence-electron chi connectivity index (χ4n) is 5.02. The first-order chi connectivity index (χ1) is 12.5. The van der Waals surface area contributed by atoms with E-state index in [2.05, 4.69) is 35.2 Å². The van der Waals surface area contributed by atoms with Gasteiger partial charge in [-0.1, -0.05) is 26.0 Å². The normalized spacial score (nSPS) is 31.3. The number of esters is 1. The zero-order valence-corrected chi connectivity index (χ0v) is 16.3. The minimum absolute atomic E-state index is 0.0725. The van der Waals surface area contributed by atoms with Crippen molar-refractivity contribution < 1.29 is 9.53 Å². The van der Waals surface area contributed by atoms with Crippen LogP contribution in [0.2, 0.25) is 0 Å². The molecule has 1 aromatic rings. The molecule has 0 aromatic carbocycles. The third kappa shape index (κ3) is 3.21. The molecule has 3 saturated carbocycles. The minimum Gasteiger partial charge on any atom is -0.469 e. The third-order valence-corrected chi connectivity index (χ3v) is 6.40. The van der Waals surface area contributed by atoms with Crippen molar-refractivity contribution in [2.75, 3.05) is 7.11 Å². The predicted molar refractivity (Wildman–Crippen MR) is 99.8 cm³/mol. The Balaban J connectivity index is 1.57. The van der Waals surface area contributed by atoms with E-state index in [0.29, 0.717) is 18.4 Å². The Morgan fingerprint density at radius 1 is 1.23 bits per heavy atom. The summed E-state index contributed by atoms with van der Waals surface area (Å²) in [7, 11) is 1.47. The summed E-state index contributed by atoms with van der Waals surface area (Å²) >= 11 is 0. The van der Waals surface area contributed by atoms with Gasteiger partial charge in [-0.3, -0.25) is 4.79 Å². The Morgan fingerprint density at radius 2 is 1.92 bits per heavy atom. The molecule has 2 atom stereocenters. The Kier molecular flexibility index (Phi) is 4.66. The number of aromatic nitrogens is 3. The Hall–Kier alpha value is -1.65. The van der Waals surface area contributed by atoms with E-state index in [1.165, 1.54) is 45.0 Å². The molecule has 0 amide bonds. The summed E-state index contributed by atoms with van der Waals surface area (Å²) in [5, 5.41) is 9.25. The topological polar surface area (TPSA) is 57.0 Å². The smallest absolute Gasteiger partial charge is 0.309 e. The second kappa shape index (κ2) is 6.82. The molecule has 142 valence electrons. The van der Waals surface area contributed by atoms with Crippen LogP contribution in [0.25, 0.3) is 0 Å². The average molecular weight is 357 g/mol. The minimum atomic E-state index is -0.155. The summed E-state index contributed by atoms with van der Waals surface area (Å²) in [6, 6.07) is 0.534. The van der Waals surface area contributed by atoms with Crippen LogP contribution in [0.4, 0.5) is 0 Å². The summed E-state index contributed by atoms with van der Waals surface area (Å²) in [6.45, 7) is 8.74. The maximum absolute atomic E-state index is 12.3. The molecular weight excluding hydrogens is 326 g/mol. The molecule has 3 aliphatic carbocycles. The fraction of sp³-hybridized carbons (Fsp3) is 0.762. The molecule has 0 unspecified atom stereocenters. The van der Waals surface area contributed by atoms with Crippen molar-refractivity contribution in [1.82, 2.24) is 14.8 Å². The molecule has 0 bridgehead atoms. The van der Waals surface area contributed by atoms with E-state index in [9.17, 15) is 4.79 Å². The van der Waals surface area contributed by atoms with Crippen LogP contribution >= 0.6 is 0 Å². The molecule has 5 heteroatoms. The molecule has 0 spiro atoms. The summed E-state index contributed by atoms with van der Waals surface area (Å²) in [5.41, 5.74) is 1.12. The molecule has 0 N–H and O–H groups in total. The van der Waals surface area contributed by atoms with Gasteiger partial charge in [0.25, 0.3) is 0 Å². The van der Waals surface area contributed by atoms with E-state index in [1.54, 1.807) is 0 Å². The Bertz CT molecular complexity index is 698. The number of rotatable bonds is 6. The number of nitrogens with zero attached hydrogens (tertiary/aromatic N) is 3. The Labute approximate surface area is 156 Å². The van der Waals surface area contributed by atoms with Crippen LogP contribution < -0.4 is 0 Å². The number of carbonyl (C=O) groups excluding carboxylic acids is 1. The Morgan fingerprint density at radius 3 is 2.54 bits per heavy atom. The highest BCUT2D eigenvalue weighted by Crippen LogP contribution is 2.50. The maximum atomic E-state index is 12.3. The second-order valence-corrected chi connectivity index (χ2v) is 9.08. The van der Waals surface area contributed by atoms with Gasteiger partial charge in [-0.05, 0) is 56.8 Å². The van der Waals surface area contributed by atoms with Gasteiger partial charge in [0.2, 0.25) is 0 Å². The lowest BCUT2D eigenvalue weighted by Crippen LogP contribution is -2.27. The van der Waals surface area contributed by atoms with Gasteiger partial charge in [0.1, 0.15) is 11.6 Å². The van der Waals surface area contributed by atoms with Gasteiger partial charge in [0.15, 0.2) is 0 Å². The van der Waals surface area contributed by atoms with E-state index in [-0.39, 0.29) is 17.8 Å². The summed E-state index contributed by atoms with van der Waals surface area (Å²) in [5.74, 6) is 4.10. The van der Waals surface area contributed by atoms with Gasteiger partial charge in [-0.2, -0.15) is 0 Å². The molecule has 0 saturated heterocycles.